The standard InChI is InChI=1S/C29H26BrFN4O2S/c1-16(2)28(36)33-22-10-8-19(14-17(22)3)35-27(26(34-29(35)38)23-6-4-5-13-32-23)25-12-11-24(37-25)20-9-7-18(31)15-21(20)30/h4-16,26-27H,1-3H3,(H,33,36)(H,34,38)/t26-,27-/m1/s1. The van der Waals surface area contributed by atoms with Crippen LogP contribution in [0.3, 0.4) is 0 Å². The van der Waals surface area contributed by atoms with E-state index in [1.165, 1.54) is 12.1 Å². The number of hydrogen-bond acceptors (Lipinski definition) is 4. The Bertz CT molecular complexity index is 1510. The first-order chi connectivity index (χ1) is 18.2. The van der Waals surface area contributed by atoms with Crippen LogP contribution in [0.15, 0.2) is 81.8 Å². The highest BCUT2D eigenvalue weighted by atomic mass is 79.9. The van der Waals surface area contributed by atoms with Gasteiger partial charge in [0.15, 0.2) is 5.11 Å². The van der Waals surface area contributed by atoms with Crippen LogP contribution in [-0.2, 0) is 4.79 Å². The van der Waals surface area contributed by atoms with Gasteiger partial charge >= 0.3 is 0 Å². The topological polar surface area (TPSA) is 70.4 Å². The molecule has 4 aromatic rings. The SMILES string of the molecule is Cc1cc(N2C(=S)N[C@H](c3ccccn3)[C@H]2c2ccc(-c3ccc(F)cc3Br)o2)ccc1NC(=O)C(C)C. The molecular formula is C29H26BrFN4O2S. The van der Waals surface area contributed by atoms with E-state index < -0.39 is 0 Å². The van der Waals surface area contributed by atoms with Crippen LogP contribution >= 0.6 is 28.1 Å². The maximum Gasteiger partial charge on any atom is 0.226 e. The van der Waals surface area contributed by atoms with Crippen LogP contribution in [0.1, 0.15) is 42.9 Å². The number of aromatic nitrogens is 1. The Morgan fingerprint density at radius 2 is 1.97 bits per heavy atom. The van der Waals surface area contributed by atoms with E-state index in [9.17, 15) is 9.18 Å². The van der Waals surface area contributed by atoms with Crippen molar-refractivity contribution >= 4 is 50.5 Å². The summed E-state index contributed by atoms with van der Waals surface area (Å²) in [5, 5.41) is 6.94. The number of aryl methyl sites for hydroxylation is 1. The van der Waals surface area contributed by atoms with Crippen molar-refractivity contribution < 1.29 is 13.6 Å². The number of anilines is 2. The largest absolute Gasteiger partial charge is 0.459 e. The lowest BCUT2D eigenvalue weighted by Crippen LogP contribution is -2.29. The zero-order valence-corrected chi connectivity index (χ0v) is 23.4. The van der Waals surface area contributed by atoms with Crippen molar-refractivity contribution in [2.45, 2.75) is 32.9 Å². The van der Waals surface area contributed by atoms with E-state index in [2.05, 4.69) is 31.5 Å². The van der Waals surface area contributed by atoms with Gasteiger partial charge in [0.25, 0.3) is 0 Å². The van der Waals surface area contributed by atoms with Gasteiger partial charge in [-0.3, -0.25) is 9.78 Å². The molecule has 9 heteroatoms. The van der Waals surface area contributed by atoms with Gasteiger partial charge in [-0.2, -0.15) is 0 Å². The molecule has 0 aliphatic carbocycles. The number of benzene rings is 2. The van der Waals surface area contributed by atoms with Gasteiger partial charge in [0.05, 0.1) is 11.7 Å². The number of nitrogens with one attached hydrogen (secondary N) is 2. The molecule has 0 radical (unpaired) electrons. The lowest BCUT2D eigenvalue weighted by molar-refractivity contribution is -0.118. The van der Waals surface area contributed by atoms with Crippen LogP contribution in [0, 0.1) is 18.7 Å². The third kappa shape index (κ3) is 5.08. The van der Waals surface area contributed by atoms with Crippen molar-refractivity contribution in [3.63, 3.8) is 0 Å². The predicted molar refractivity (Wildman–Crippen MR) is 154 cm³/mol. The Labute approximate surface area is 234 Å². The lowest BCUT2D eigenvalue weighted by atomic mass is 10.0. The molecule has 0 bridgehead atoms. The minimum atomic E-state index is -0.346. The summed E-state index contributed by atoms with van der Waals surface area (Å²) < 4.78 is 20.7. The molecule has 0 spiro atoms. The van der Waals surface area contributed by atoms with Crippen LogP contribution < -0.4 is 15.5 Å². The second-order valence-electron chi connectivity index (χ2n) is 9.47. The molecule has 0 saturated carbocycles. The number of furan rings is 1. The Hall–Kier alpha value is -3.56. The maximum atomic E-state index is 13.7. The summed E-state index contributed by atoms with van der Waals surface area (Å²) in [6, 6.07) is 19.2. The van der Waals surface area contributed by atoms with E-state index in [0.29, 0.717) is 21.1 Å². The molecular weight excluding hydrogens is 567 g/mol. The average molecular weight is 594 g/mol. The van der Waals surface area contributed by atoms with Gasteiger partial charge in [-0.15, -0.1) is 0 Å². The summed E-state index contributed by atoms with van der Waals surface area (Å²) in [5.74, 6) is 0.786. The lowest BCUT2D eigenvalue weighted by Gasteiger charge is -2.27. The van der Waals surface area contributed by atoms with Crippen LogP contribution in [-0.4, -0.2) is 16.0 Å². The van der Waals surface area contributed by atoms with Crippen molar-refractivity contribution in [1.29, 1.82) is 0 Å². The number of thiocarbonyl (C=S) groups is 1. The van der Waals surface area contributed by atoms with Crippen LogP contribution in [0.2, 0.25) is 0 Å². The van der Waals surface area contributed by atoms with Gasteiger partial charge in [0.1, 0.15) is 23.4 Å². The normalized spacial score (nSPS) is 17.1. The molecule has 1 amide bonds. The molecule has 6 nitrogen and oxygen atoms in total. The van der Waals surface area contributed by atoms with Crippen molar-refractivity contribution in [1.82, 2.24) is 10.3 Å². The molecule has 194 valence electrons. The van der Waals surface area contributed by atoms with Crippen LogP contribution in [0.5, 0.6) is 0 Å². The number of amides is 1. The molecule has 1 aliphatic rings. The zero-order valence-electron chi connectivity index (χ0n) is 21.0. The Balaban J connectivity index is 1.56. The van der Waals surface area contributed by atoms with E-state index in [1.807, 2.05) is 74.2 Å². The van der Waals surface area contributed by atoms with Gasteiger partial charge in [-0.25, -0.2) is 4.39 Å². The number of pyridine rings is 1. The Morgan fingerprint density at radius 3 is 2.66 bits per heavy atom. The van der Waals surface area contributed by atoms with E-state index in [0.717, 1.165) is 28.2 Å². The highest BCUT2D eigenvalue weighted by Gasteiger charge is 2.42. The third-order valence-electron chi connectivity index (χ3n) is 6.48. The fourth-order valence-electron chi connectivity index (χ4n) is 4.48. The van der Waals surface area contributed by atoms with E-state index >= 15 is 0 Å². The summed E-state index contributed by atoms with van der Waals surface area (Å²) in [7, 11) is 0. The summed E-state index contributed by atoms with van der Waals surface area (Å²) in [4.78, 5) is 18.9. The molecule has 0 unspecified atom stereocenters. The molecule has 5 rings (SSSR count). The maximum absolute atomic E-state index is 13.7. The van der Waals surface area contributed by atoms with Gasteiger partial charge in [-0.05, 0) is 101 Å². The van der Waals surface area contributed by atoms with Crippen molar-refractivity contribution in [2.75, 3.05) is 10.2 Å². The summed E-state index contributed by atoms with van der Waals surface area (Å²) in [5.41, 5.74) is 4.08. The first-order valence-corrected chi connectivity index (χ1v) is 13.4. The van der Waals surface area contributed by atoms with Gasteiger partial charge in [-0.1, -0.05) is 19.9 Å². The zero-order chi connectivity index (χ0) is 27.0. The number of halogens is 2. The predicted octanol–water partition coefficient (Wildman–Crippen LogP) is 7.32. The van der Waals surface area contributed by atoms with E-state index in [4.69, 9.17) is 16.6 Å². The minimum Gasteiger partial charge on any atom is -0.459 e. The van der Waals surface area contributed by atoms with E-state index in [1.54, 1.807) is 12.3 Å². The van der Waals surface area contributed by atoms with Gasteiger partial charge in [0, 0.05) is 33.5 Å². The van der Waals surface area contributed by atoms with Crippen molar-refractivity contribution in [3.8, 4) is 11.3 Å². The number of rotatable bonds is 6. The van der Waals surface area contributed by atoms with E-state index in [-0.39, 0.29) is 29.7 Å². The molecule has 1 aliphatic heterocycles. The summed E-state index contributed by atoms with van der Waals surface area (Å²) in [6.45, 7) is 5.67. The second kappa shape index (κ2) is 10.7. The Morgan fingerprint density at radius 1 is 1.16 bits per heavy atom. The molecule has 38 heavy (non-hydrogen) atoms. The van der Waals surface area contributed by atoms with Crippen molar-refractivity contribution in [3.05, 3.63) is 100 Å². The summed E-state index contributed by atoms with van der Waals surface area (Å²) >= 11 is 9.26. The highest BCUT2D eigenvalue weighted by molar-refractivity contribution is 9.10. The fourth-order valence-corrected chi connectivity index (χ4v) is 5.37. The highest BCUT2D eigenvalue weighted by Crippen LogP contribution is 2.44. The molecule has 2 aromatic carbocycles. The second-order valence-corrected chi connectivity index (χ2v) is 10.7. The monoisotopic (exact) mass is 592 g/mol. The van der Waals surface area contributed by atoms with Crippen LogP contribution in [0.25, 0.3) is 11.3 Å². The van der Waals surface area contributed by atoms with Gasteiger partial charge < -0.3 is 20.0 Å². The molecule has 2 atom stereocenters. The van der Waals surface area contributed by atoms with Crippen molar-refractivity contribution in [2.24, 2.45) is 5.92 Å². The Kier molecular flexibility index (Phi) is 7.32. The third-order valence-corrected chi connectivity index (χ3v) is 7.45. The molecule has 1 saturated heterocycles. The van der Waals surface area contributed by atoms with Crippen LogP contribution in [0.4, 0.5) is 15.8 Å². The fraction of sp³-hybridized carbons (Fsp3) is 0.207. The first kappa shape index (κ1) is 26.1. The average Bonchev–Trinajstić information content (AvgIpc) is 3.50. The first-order valence-electron chi connectivity index (χ1n) is 12.2. The number of hydrogen-bond donors (Lipinski definition) is 2. The quantitative estimate of drug-likeness (QED) is 0.228. The molecule has 1 fully saturated rings. The number of carbonyl (C=O) groups excluding carboxylic acids is 1. The smallest absolute Gasteiger partial charge is 0.226 e. The summed E-state index contributed by atoms with van der Waals surface area (Å²) in [6.07, 6.45) is 1.75. The molecule has 2 N–H and O–H groups in total. The minimum absolute atomic E-state index is 0.0395. The molecule has 3 heterocycles. The number of nitrogens with zero attached hydrogens (tertiary/aromatic N) is 2. The number of carbonyl (C=O) groups is 1. The molecule has 2 aromatic heterocycles. The van der Waals surface area contributed by atoms with Gasteiger partial charge in [0.2, 0.25) is 5.91 Å².